The minimum atomic E-state index is 0.447. The number of aryl methyl sites for hydroxylation is 1. The highest BCUT2D eigenvalue weighted by molar-refractivity contribution is 5.90. The van der Waals surface area contributed by atoms with E-state index in [0.717, 1.165) is 29.2 Å². The van der Waals surface area contributed by atoms with Gasteiger partial charge in [-0.15, -0.1) is 0 Å². The van der Waals surface area contributed by atoms with Gasteiger partial charge in [0.25, 0.3) is 0 Å². The minimum Gasteiger partial charge on any atom is -0.367 e. The zero-order chi connectivity index (χ0) is 17.2. The maximum Gasteiger partial charge on any atom is 0.225 e. The largest absolute Gasteiger partial charge is 0.367 e. The number of hydrogen-bond donors (Lipinski definition) is 2. The predicted octanol–water partition coefficient (Wildman–Crippen LogP) is 4.76. The van der Waals surface area contributed by atoms with Crippen LogP contribution in [0, 0.1) is 12.8 Å². The molecule has 1 aromatic heterocycles. The fourth-order valence-corrected chi connectivity index (χ4v) is 3.20. The molecule has 1 heterocycles. The molecule has 4 rings (SSSR count). The number of fused-ring (bicyclic) bond motifs is 1. The van der Waals surface area contributed by atoms with Gasteiger partial charge in [-0.05, 0) is 50.3 Å². The SMILES string of the molecule is Cc1cccc(CNc2nc(N[C@H](C)C3CC3)c3ccccc3n2)c1. The Morgan fingerprint density at radius 1 is 1.08 bits per heavy atom. The molecule has 128 valence electrons. The number of para-hydroxylation sites is 1. The first kappa shape index (κ1) is 15.9. The Hall–Kier alpha value is -2.62. The summed E-state index contributed by atoms with van der Waals surface area (Å²) in [5, 5.41) is 8.06. The van der Waals surface area contributed by atoms with Crippen LogP contribution >= 0.6 is 0 Å². The quantitative estimate of drug-likeness (QED) is 0.683. The van der Waals surface area contributed by atoms with Crippen LogP contribution in [-0.2, 0) is 6.54 Å². The number of nitrogens with one attached hydrogen (secondary N) is 2. The lowest BCUT2D eigenvalue weighted by molar-refractivity contribution is 0.691. The van der Waals surface area contributed by atoms with Gasteiger partial charge in [0.2, 0.25) is 5.95 Å². The van der Waals surface area contributed by atoms with E-state index < -0.39 is 0 Å². The third-order valence-corrected chi connectivity index (χ3v) is 4.83. The van der Waals surface area contributed by atoms with Crippen molar-refractivity contribution in [3.05, 3.63) is 59.7 Å². The molecule has 0 amide bonds. The van der Waals surface area contributed by atoms with Crippen molar-refractivity contribution < 1.29 is 0 Å². The van der Waals surface area contributed by atoms with Crippen molar-refractivity contribution in [1.29, 1.82) is 0 Å². The van der Waals surface area contributed by atoms with E-state index in [9.17, 15) is 0 Å². The van der Waals surface area contributed by atoms with Gasteiger partial charge in [-0.1, -0.05) is 42.0 Å². The van der Waals surface area contributed by atoms with Gasteiger partial charge in [-0.3, -0.25) is 0 Å². The second kappa shape index (κ2) is 6.71. The van der Waals surface area contributed by atoms with Crippen molar-refractivity contribution in [3.8, 4) is 0 Å². The van der Waals surface area contributed by atoms with E-state index in [1.165, 1.54) is 24.0 Å². The molecule has 0 bridgehead atoms. The zero-order valence-electron chi connectivity index (χ0n) is 14.8. The van der Waals surface area contributed by atoms with Crippen molar-refractivity contribution >= 4 is 22.7 Å². The van der Waals surface area contributed by atoms with Crippen LogP contribution in [0.25, 0.3) is 10.9 Å². The molecule has 1 fully saturated rings. The van der Waals surface area contributed by atoms with Crippen LogP contribution in [0.15, 0.2) is 48.5 Å². The Morgan fingerprint density at radius 3 is 2.72 bits per heavy atom. The first-order valence-electron chi connectivity index (χ1n) is 9.02. The van der Waals surface area contributed by atoms with Gasteiger partial charge in [0.1, 0.15) is 5.82 Å². The summed E-state index contributed by atoms with van der Waals surface area (Å²) < 4.78 is 0. The van der Waals surface area contributed by atoms with E-state index >= 15 is 0 Å². The minimum absolute atomic E-state index is 0.447. The van der Waals surface area contributed by atoms with Crippen molar-refractivity contribution in [2.45, 2.75) is 39.3 Å². The second-order valence-corrected chi connectivity index (χ2v) is 7.03. The Kier molecular flexibility index (Phi) is 4.26. The van der Waals surface area contributed by atoms with E-state index in [2.05, 4.69) is 59.8 Å². The van der Waals surface area contributed by atoms with Crippen LogP contribution in [0.3, 0.4) is 0 Å². The van der Waals surface area contributed by atoms with E-state index in [4.69, 9.17) is 4.98 Å². The van der Waals surface area contributed by atoms with E-state index in [-0.39, 0.29) is 0 Å². The lowest BCUT2D eigenvalue weighted by Crippen LogP contribution is -2.19. The third-order valence-electron chi connectivity index (χ3n) is 4.83. The number of benzene rings is 2. The van der Waals surface area contributed by atoms with Gasteiger partial charge >= 0.3 is 0 Å². The molecule has 4 heteroatoms. The van der Waals surface area contributed by atoms with Crippen LogP contribution in [0.5, 0.6) is 0 Å². The van der Waals surface area contributed by atoms with Crippen molar-refractivity contribution in [2.75, 3.05) is 10.6 Å². The van der Waals surface area contributed by atoms with Crippen LogP contribution < -0.4 is 10.6 Å². The molecular weight excluding hydrogens is 308 g/mol. The third kappa shape index (κ3) is 3.73. The molecule has 2 aromatic carbocycles. The summed E-state index contributed by atoms with van der Waals surface area (Å²) in [5.41, 5.74) is 3.46. The van der Waals surface area contributed by atoms with Gasteiger partial charge in [-0.2, -0.15) is 4.98 Å². The Balaban J connectivity index is 1.59. The maximum atomic E-state index is 4.76. The van der Waals surface area contributed by atoms with E-state index in [0.29, 0.717) is 12.0 Å². The summed E-state index contributed by atoms with van der Waals surface area (Å²) in [7, 11) is 0. The molecule has 1 atom stereocenters. The summed E-state index contributed by atoms with van der Waals surface area (Å²) in [5.74, 6) is 2.37. The zero-order valence-corrected chi connectivity index (χ0v) is 14.8. The summed E-state index contributed by atoms with van der Waals surface area (Å²) in [4.78, 5) is 9.43. The Morgan fingerprint density at radius 2 is 1.92 bits per heavy atom. The Bertz CT molecular complexity index is 886. The van der Waals surface area contributed by atoms with Gasteiger partial charge in [0.15, 0.2) is 0 Å². The molecule has 1 aliphatic carbocycles. The fraction of sp³-hybridized carbons (Fsp3) is 0.333. The highest BCUT2D eigenvalue weighted by Gasteiger charge is 2.28. The van der Waals surface area contributed by atoms with Gasteiger partial charge in [0, 0.05) is 18.0 Å². The smallest absolute Gasteiger partial charge is 0.225 e. The maximum absolute atomic E-state index is 4.76. The first-order valence-corrected chi connectivity index (χ1v) is 9.02. The van der Waals surface area contributed by atoms with Gasteiger partial charge < -0.3 is 10.6 Å². The molecule has 0 radical (unpaired) electrons. The molecule has 1 aliphatic rings. The van der Waals surface area contributed by atoms with Gasteiger partial charge in [-0.25, -0.2) is 4.98 Å². The summed E-state index contributed by atoms with van der Waals surface area (Å²) in [6, 6.07) is 17.1. The van der Waals surface area contributed by atoms with Gasteiger partial charge in [0.05, 0.1) is 5.52 Å². The first-order chi connectivity index (χ1) is 12.2. The number of aromatic nitrogens is 2. The lowest BCUT2D eigenvalue weighted by atomic mass is 10.1. The number of rotatable bonds is 6. The standard InChI is InChI=1S/C21H24N4/c1-14-6-5-7-16(12-14)13-22-21-24-19-9-4-3-8-18(19)20(25-21)23-15(2)17-10-11-17/h3-9,12,15,17H,10-11,13H2,1-2H3,(H2,22,23,24,25)/t15-/m1/s1. The average molecular weight is 332 g/mol. The van der Waals surface area contributed by atoms with Crippen LogP contribution in [0.2, 0.25) is 0 Å². The lowest BCUT2D eigenvalue weighted by Gasteiger charge is -2.16. The molecule has 4 nitrogen and oxygen atoms in total. The highest BCUT2D eigenvalue weighted by Crippen LogP contribution is 2.34. The van der Waals surface area contributed by atoms with Crippen molar-refractivity contribution in [3.63, 3.8) is 0 Å². The van der Waals surface area contributed by atoms with Crippen LogP contribution in [-0.4, -0.2) is 16.0 Å². The molecule has 3 aromatic rings. The molecule has 0 unspecified atom stereocenters. The highest BCUT2D eigenvalue weighted by atomic mass is 15.1. The number of hydrogen-bond acceptors (Lipinski definition) is 4. The summed E-state index contributed by atoms with van der Waals surface area (Å²) in [6.45, 7) is 5.07. The fourth-order valence-electron chi connectivity index (χ4n) is 3.20. The molecule has 0 saturated heterocycles. The van der Waals surface area contributed by atoms with E-state index in [1.807, 2.05) is 18.2 Å². The summed E-state index contributed by atoms with van der Waals surface area (Å²) >= 11 is 0. The molecule has 0 aliphatic heterocycles. The number of nitrogens with zero attached hydrogens (tertiary/aromatic N) is 2. The second-order valence-electron chi connectivity index (χ2n) is 7.03. The molecule has 25 heavy (non-hydrogen) atoms. The van der Waals surface area contributed by atoms with Crippen molar-refractivity contribution in [2.24, 2.45) is 5.92 Å². The normalized spacial score (nSPS) is 15.1. The number of anilines is 2. The predicted molar refractivity (Wildman–Crippen MR) is 104 cm³/mol. The van der Waals surface area contributed by atoms with E-state index in [1.54, 1.807) is 0 Å². The molecular formula is C21H24N4. The Labute approximate surface area is 148 Å². The molecule has 2 N–H and O–H groups in total. The van der Waals surface area contributed by atoms with Crippen molar-refractivity contribution in [1.82, 2.24) is 9.97 Å². The average Bonchev–Trinajstić information content (AvgIpc) is 3.45. The topological polar surface area (TPSA) is 49.8 Å². The summed E-state index contributed by atoms with van der Waals surface area (Å²) in [6.07, 6.45) is 2.63. The molecule has 1 saturated carbocycles. The van der Waals surface area contributed by atoms with Crippen LogP contribution in [0.1, 0.15) is 30.9 Å². The molecule has 0 spiro atoms. The monoisotopic (exact) mass is 332 g/mol. The van der Waals surface area contributed by atoms with Crippen LogP contribution in [0.4, 0.5) is 11.8 Å².